The van der Waals surface area contributed by atoms with Gasteiger partial charge in [0.1, 0.15) is 6.26 Å². The lowest BCUT2D eigenvalue weighted by Gasteiger charge is -2.33. The summed E-state index contributed by atoms with van der Waals surface area (Å²) in [5.41, 5.74) is 0.615. The van der Waals surface area contributed by atoms with Crippen LogP contribution < -0.4 is 0 Å². The summed E-state index contributed by atoms with van der Waals surface area (Å²) < 4.78 is 5.47. The molecule has 0 aliphatic carbocycles. The topological polar surface area (TPSA) is 49.5 Å². The Bertz CT molecular complexity index is 491. The van der Waals surface area contributed by atoms with Crippen LogP contribution in [0.15, 0.2) is 28.2 Å². The monoisotopic (exact) mass is 266 g/mol. The maximum Gasteiger partial charge on any atom is 0.236 e. The number of hydrogen-bond acceptors (Lipinski definition) is 5. The maximum absolute atomic E-state index is 9.31. The molecule has 0 radical (unpaired) electrons. The van der Waals surface area contributed by atoms with Crippen LogP contribution in [-0.2, 0) is 6.54 Å². The molecule has 0 bridgehead atoms. The fourth-order valence-corrected chi connectivity index (χ4v) is 2.13. The fraction of sp³-hybridized carbons (Fsp3) is 0.462. The van der Waals surface area contributed by atoms with Gasteiger partial charge in [-0.3, -0.25) is 4.90 Å². The van der Waals surface area contributed by atoms with Crippen molar-refractivity contribution < 1.29 is 9.52 Å². The van der Waals surface area contributed by atoms with Crippen LogP contribution in [0.1, 0.15) is 19.5 Å². The summed E-state index contributed by atoms with van der Waals surface area (Å²) in [6, 6.07) is 3.96. The van der Waals surface area contributed by atoms with Gasteiger partial charge >= 0.3 is 0 Å². The number of aliphatic hydroxyl groups excluding tert-OH is 1. The lowest BCUT2D eigenvalue weighted by atomic mass is 10.1. The molecule has 5 heteroatoms. The molecule has 4 nitrogen and oxygen atoms in total. The zero-order chi connectivity index (χ0) is 13.2. The Hall–Kier alpha value is -1.17. The van der Waals surface area contributed by atoms with Crippen molar-refractivity contribution in [3.63, 3.8) is 0 Å². The number of aliphatic hydroxyl groups is 1. The Morgan fingerprint density at radius 1 is 1.50 bits per heavy atom. The molecule has 0 aliphatic heterocycles. The Morgan fingerprint density at radius 2 is 2.28 bits per heavy atom. The largest absolute Gasteiger partial charge is 0.444 e. The quantitative estimate of drug-likeness (QED) is 0.903. The summed E-state index contributed by atoms with van der Waals surface area (Å²) >= 11 is 1.61. The van der Waals surface area contributed by atoms with Crippen molar-refractivity contribution in [3.8, 4) is 10.8 Å². The molecule has 2 aromatic heterocycles. The van der Waals surface area contributed by atoms with Crippen LogP contribution >= 0.6 is 11.3 Å². The van der Waals surface area contributed by atoms with E-state index in [1.807, 2.05) is 38.4 Å². The van der Waals surface area contributed by atoms with E-state index in [9.17, 15) is 5.11 Å². The number of hydrogen-bond donors (Lipinski definition) is 1. The van der Waals surface area contributed by atoms with Crippen molar-refractivity contribution in [1.82, 2.24) is 9.88 Å². The molecule has 98 valence electrons. The van der Waals surface area contributed by atoms with Gasteiger partial charge in [-0.25, -0.2) is 4.98 Å². The molecule has 0 amide bonds. The minimum absolute atomic E-state index is 0.110. The molecular weight excluding hydrogens is 248 g/mol. The van der Waals surface area contributed by atoms with Gasteiger partial charge in [0.2, 0.25) is 5.89 Å². The zero-order valence-electron chi connectivity index (χ0n) is 10.9. The van der Waals surface area contributed by atoms with Gasteiger partial charge in [0.05, 0.1) is 17.2 Å². The number of rotatable bonds is 5. The lowest BCUT2D eigenvalue weighted by Crippen LogP contribution is -2.43. The standard InChI is InChI=1S/C13H18N2O2S/c1-13(2,9-16)15(3)7-10-8-17-12(14-10)11-5-4-6-18-11/h4-6,8,16H,7,9H2,1-3H3. The highest BCUT2D eigenvalue weighted by Gasteiger charge is 2.23. The van der Waals surface area contributed by atoms with E-state index in [1.54, 1.807) is 17.6 Å². The average molecular weight is 266 g/mol. The molecule has 0 unspecified atom stereocenters. The lowest BCUT2D eigenvalue weighted by molar-refractivity contribution is 0.0724. The van der Waals surface area contributed by atoms with Gasteiger partial charge in [0.25, 0.3) is 0 Å². The van der Waals surface area contributed by atoms with E-state index in [0.29, 0.717) is 12.4 Å². The van der Waals surface area contributed by atoms with Crippen molar-refractivity contribution >= 4 is 11.3 Å². The predicted octanol–water partition coefficient (Wildman–Crippen LogP) is 2.61. The van der Waals surface area contributed by atoms with E-state index in [-0.39, 0.29) is 12.1 Å². The third kappa shape index (κ3) is 2.80. The third-order valence-corrected chi connectivity index (χ3v) is 3.96. The van der Waals surface area contributed by atoms with Crippen LogP contribution in [0.2, 0.25) is 0 Å². The van der Waals surface area contributed by atoms with E-state index in [1.165, 1.54) is 0 Å². The fourth-order valence-electron chi connectivity index (χ4n) is 1.47. The molecule has 0 saturated heterocycles. The average Bonchev–Trinajstić information content (AvgIpc) is 2.98. The van der Waals surface area contributed by atoms with E-state index in [2.05, 4.69) is 9.88 Å². The second kappa shape index (κ2) is 5.22. The Morgan fingerprint density at radius 3 is 2.89 bits per heavy atom. The van der Waals surface area contributed by atoms with Gasteiger partial charge in [-0.1, -0.05) is 6.07 Å². The van der Waals surface area contributed by atoms with Crippen molar-refractivity contribution in [2.45, 2.75) is 25.9 Å². The Labute approximate surface area is 111 Å². The summed E-state index contributed by atoms with van der Waals surface area (Å²) in [7, 11) is 1.97. The zero-order valence-corrected chi connectivity index (χ0v) is 11.7. The number of oxazole rings is 1. The van der Waals surface area contributed by atoms with Crippen molar-refractivity contribution in [1.29, 1.82) is 0 Å². The van der Waals surface area contributed by atoms with Crippen LogP contribution in [-0.4, -0.2) is 34.2 Å². The highest BCUT2D eigenvalue weighted by atomic mass is 32.1. The Balaban J connectivity index is 2.08. The van der Waals surface area contributed by atoms with Crippen LogP contribution in [0.4, 0.5) is 0 Å². The first-order valence-electron chi connectivity index (χ1n) is 5.83. The normalized spacial score (nSPS) is 12.3. The summed E-state index contributed by atoms with van der Waals surface area (Å²) in [5.74, 6) is 0.662. The van der Waals surface area contributed by atoms with Crippen LogP contribution in [0.25, 0.3) is 10.8 Å². The predicted molar refractivity (Wildman–Crippen MR) is 72.4 cm³/mol. The SMILES string of the molecule is CN(Cc1coc(-c2cccs2)n1)C(C)(C)CO. The maximum atomic E-state index is 9.31. The first kappa shape index (κ1) is 13.3. The molecule has 0 spiro atoms. The van der Waals surface area contributed by atoms with Crippen LogP contribution in [0.3, 0.4) is 0 Å². The number of aromatic nitrogens is 1. The van der Waals surface area contributed by atoms with Gasteiger partial charge in [-0.05, 0) is 32.3 Å². The molecule has 2 rings (SSSR count). The molecule has 0 atom stereocenters. The smallest absolute Gasteiger partial charge is 0.236 e. The molecular formula is C13H18N2O2S. The van der Waals surface area contributed by atoms with Crippen molar-refractivity contribution in [2.75, 3.05) is 13.7 Å². The van der Waals surface area contributed by atoms with Gasteiger partial charge in [-0.2, -0.15) is 0 Å². The van der Waals surface area contributed by atoms with E-state index >= 15 is 0 Å². The Kier molecular flexibility index (Phi) is 3.85. The summed E-state index contributed by atoms with van der Waals surface area (Å²) in [4.78, 5) is 7.55. The molecule has 0 fully saturated rings. The van der Waals surface area contributed by atoms with E-state index in [4.69, 9.17) is 4.42 Å². The van der Waals surface area contributed by atoms with Gasteiger partial charge in [0.15, 0.2) is 0 Å². The number of nitrogens with zero attached hydrogens (tertiary/aromatic N) is 2. The molecule has 2 heterocycles. The molecule has 0 saturated carbocycles. The van der Waals surface area contributed by atoms with Gasteiger partial charge < -0.3 is 9.52 Å². The third-order valence-electron chi connectivity index (χ3n) is 3.10. The first-order chi connectivity index (χ1) is 8.53. The highest BCUT2D eigenvalue weighted by Crippen LogP contribution is 2.24. The van der Waals surface area contributed by atoms with Crippen LogP contribution in [0.5, 0.6) is 0 Å². The summed E-state index contributed by atoms with van der Waals surface area (Å²) in [5, 5.41) is 11.3. The molecule has 0 aromatic carbocycles. The van der Waals surface area contributed by atoms with E-state index < -0.39 is 0 Å². The number of likely N-dealkylation sites (N-methyl/N-ethyl adjacent to an activating group) is 1. The summed E-state index contributed by atoms with van der Waals surface area (Å²) in [6.45, 7) is 4.75. The first-order valence-corrected chi connectivity index (χ1v) is 6.71. The summed E-state index contributed by atoms with van der Waals surface area (Å²) in [6.07, 6.45) is 1.68. The van der Waals surface area contributed by atoms with Gasteiger partial charge in [-0.15, -0.1) is 11.3 Å². The van der Waals surface area contributed by atoms with Crippen molar-refractivity contribution in [3.05, 3.63) is 29.5 Å². The second-order valence-electron chi connectivity index (χ2n) is 4.95. The van der Waals surface area contributed by atoms with Crippen LogP contribution in [0, 0.1) is 0 Å². The second-order valence-corrected chi connectivity index (χ2v) is 5.90. The van der Waals surface area contributed by atoms with Crippen molar-refractivity contribution in [2.24, 2.45) is 0 Å². The minimum atomic E-state index is -0.262. The minimum Gasteiger partial charge on any atom is -0.444 e. The highest BCUT2D eigenvalue weighted by molar-refractivity contribution is 7.13. The number of thiophene rings is 1. The molecule has 2 aromatic rings. The van der Waals surface area contributed by atoms with Gasteiger partial charge in [0, 0.05) is 12.1 Å². The molecule has 0 aliphatic rings. The molecule has 18 heavy (non-hydrogen) atoms. The molecule has 1 N–H and O–H groups in total. The van der Waals surface area contributed by atoms with E-state index in [0.717, 1.165) is 10.6 Å².